The van der Waals surface area contributed by atoms with E-state index in [0.29, 0.717) is 19.1 Å². The second-order valence-electron chi connectivity index (χ2n) is 8.16. The zero-order valence-electron chi connectivity index (χ0n) is 19.9. The molecular weight excluding hydrogens is 509 g/mol. The predicted octanol–water partition coefficient (Wildman–Crippen LogP) is 3.25. The lowest BCUT2D eigenvalue weighted by atomic mass is 9.88. The monoisotopic (exact) mass is 534 g/mol. The minimum absolute atomic E-state index is 0.0218. The lowest BCUT2D eigenvalue weighted by molar-refractivity contribution is -0.192. The van der Waals surface area contributed by atoms with Crippen molar-refractivity contribution in [2.75, 3.05) is 19.7 Å². The van der Waals surface area contributed by atoms with Crippen molar-refractivity contribution in [3.8, 4) is 5.75 Å². The summed E-state index contributed by atoms with van der Waals surface area (Å²) >= 11 is 0. The minimum Gasteiger partial charge on any atom is -0.493 e. The lowest BCUT2D eigenvalue weighted by Gasteiger charge is -2.15. The molecule has 0 fully saturated rings. The number of alkyl halides is 3. The van der Waals surface area contributed by atoms with Crippen molar-refractivity contribution in [3.05, 3.63) is 65.9 Å². The molecule has 1 aliphatic rings. The fraction of sp³-hybridized carbons (Fsp3) is 0.280. The highest BCUT2D eigenvalue weighted by atomic mass is 19.4. The number of fused-ring (bicyclic) bond motifs is 1. The number of guanidine groups is 1. The van der Waals surface area contributed by atoms with Gasteiger partial charge in [0.05, 0.1) is 13.0 Å². The number of nitrogens with one attached hydrogen (secondary N) is 3. The first-order valence-corrected chi connectivity index (χ1v) is 11.4. The number of aliphatic imine (C=N–C) groups is 1. The molecule has 1 atom stereocenters. The predicted molar refractivity (Wildman–Crippen MR) is 131 cm³/mol. The number of hydrogen-bond donors (Lipinski definition) is 5. The zero-order chi connectivity index (χ0) is 27.7. The van der Waals surface area contributed by atoms with Gasteiger partial charge < -0.3 is 25.3 Å². The molecule has 10 nitrogen and oxygen atoms in total. The van der Waals surface area contributed by atoms with E-state index in [-0.39, 0.29) is 24.8 Å². The van der Waals surface area contributed by atoms with Crippen LogP contribution < -0.4 is 15.4 Å². The molecule has 0 spiro atoms. The summed E-state index contributed by atoms with van der Waals surface area (Å²) in [4.78, 5) is 38.7. The second-order valence-corrected chi connectivity index (χ2v) is 8.16. The highest BCUT2D eigenvalue weighted by molar-refractivity contribution is 6.02. The molecule has 0 radical (unpaired) electrons. The molecule has 13 heteroatoms. The van der Waals surface area contributed by atoms with E-state index in [1.54, 1.807) is 0 Å². The molecule has 4 rings (SSSR count). The molecule has 1 aliphatic heterocycles. The van der Waals surface area contributed by atoms with Crippen LogP contribution in [0.1, 0.15) is 29.9 Å². The van der Waals surface area contributed by atoms with Gasteiger partial charge in [0.15, 0.2) is 5.96 Å². The maximum absolute atomic E-state index is 11.5. The number of aromatic amines is 1. The molecule has 1 aromatic heterocycles. The van der Waals surface area contributed by atoms with Gasteiger partial charge in [0, 0.05) is 35.6 Å². The zero-order valence-corrected chi connectivity index (χ0v) is 19.9. The Bertz CT molecular complexity index is 1310. The Labute approximate surface area is 214 Å². The van der Waals surface area contributed by atoms with Crippen molar-refractivity contribution in [2.45, 2.75) is 24.9 Å². The molecule has 1 unspecified atom stereocenters. The molecule has 0 aliphatic carbocycles. The third-order valence-electron chi connectivity index (χ3n) is 5.40. The number of amides is 1. The molecule has 2 aromatic carbocycles. The number of carbonyl (C=O) groups excluding carboxylic acids is 1. The molecule has 5 N–H and O–H groups in total. The Balaban J connectivity index is 0.000000505. The highest BCUT2D eigenvalue weighted by Crippen LogP contribution is 2.34. The van der Waals surface area contributed by atoms with E-state index in [1.165, 1.54) is 0 Å². The number of benzene rings is 2. The molecule has 3 aromatic rings. The molecule has 0 saturated carbocycles. The number of ether oxygens (including phenoxy) is 1. The summed E-state index contributed by atoms with van der Waals surface area (Å²) in [6, 6.07) is 15.5. The standard InChI is InChI=1S/C23H24N4O4.C2HF3O2/c28-21-14-26-23(27-21)24-9-4-10-31-16-7-8-17-19(13-25-20(17)11-16)18(12-22(29)30)15-5-2-1-3-6-15;3-2(4,5)1(6)7/h1-3,5-8,11,13,18,25H,4,9-10,12,14H2,(H,29,30)(H2,24,26,27,28);(H,6,7). The molecule has 38 heavy (non-hydrogen) atoms. The quantitative estimate of drug-likeness (QED) is 0.264. The maximum atomic E-state index is 11.5. The van der Waals surface area contributed by atoms with Crippen molar-refractivity contribution >= 4 is 34.7 Å². The van der Waals surface area contributed by atoms with E-state index < -0.39 is 18.1 Å². The summed E-state index contributed by atoms with van der Waals surface area (Å²) in [6.07, 6.45) is -2.43. The van der Waals surface area contributed by atoms with E-state index in [1.807, 2.05) is 54.7 Å². The van der Waals surface area contributed by atoms with Gasteiger partial charge in [0.2, 0.25) is 5.91 Å². The fourth-order valence-electron chi connectivity index (χ4n) is 3.70. The Morgan fingerprint density at radius 3 is 2.45 bits per heavy atom. The van der Waals surface area contributed by atoms with Crippen LogP contribution >= 0.6 is 0 Å². The number of nitrogens with zero attached hydrogens (tertiary/aromatic N) is 1. The Hall–Kier alpha value is -4.55. The van der Waals surface area contributed by atoms with Crippen LogP contribution in [0.4, 0.5) is 13.2 Å². The smallest absolute Gasteiger partial charge is 0.490 e. The van der Waals surface area contributed by atoms with E-state index in [0.717, 1.165) is 34.2 Å². The fourth-order valence-corrected chi connectivity index (χ4v) is 3.70. The van der Waals surface area contributed by atoms with Crippen LogP contribution in [0.15, 0.2) is 59.7 Å². The summed E-state index contributed by atoms with van der Waals surface area (Å²) in [6.45, 7) is 1.33. The van der Waals surface area contributed by atoms with Crippen LogP contribution in [0.3, 0.4) is 0 Å². The largest absolute Gasteiger partial charge is 0.493 e. The van der Waals surface area contributed by atoms with Crippen molar-refractivity contribution in [1.29, 1.82) is 0 Å². The average molecular weight is 534 g/mol. The van der Waals surface area contributed by atoms with Gasteiger partial charge in [0.1, 0.15) is 12.3 Å². The minimum atomic E-state index is -5.08. The van der Waals surface area contributed by atoms with E-state index in [2.05, 4.69) is 20.6 Å². The number of halogens is 3. The summed E-state index contributed by atoms with van der Waals surface area (Å²) < 4.78 is 37.6. The Kier molecular flexibility index (Phi) is 9.30. The topological polar surface area (TPSA) is 153 Å². The lowest BCUT2D eigenvalue weighted by Crippen LogP contribution is -2.37. The van der Waals surface area contributed by atoms with Gasteiger partial charge >= 0.3 is 18.1 Å². The van der Waals surface area contributed by atoms with Gasteiger partial charge in [-0.2, -0.15) is 13.2 Å². The molecule has 1 amide bonds. The molecule has 0 saturated heterocycles. The number of carbonyl (C=O) groups is 3. The van der Waals surface area contributed by atoms with E-state index in [9.17, 15) is 27.9 Å². The van der Waals surface area contributed by atoms with Crippen LogP contribution in [0.5, 0.6) is 5.75 Å². The van der Waals surface area contributed by atoms with Gasteiger partial charge in [-0.15, -0.1) is 0 Å². The molecule has 0 bridgehead atoms. The summed E-state index contributed by atoms with van der Waals surface area (Å²) in [5.74, 6) is -2.67. The first-order valence-electron chi connectivity index (χ1n) is 11.4. The van der Waals surface area contributed by atoms with Crippen molar-refractivity contribution < 1.29 is 42.5 Å². The van der Waals surface area contributed by atoms with Crippen LogP contribution in [0, 0.1) is 0 Å². The second kappa shape index (κ2) is 12.6. The van der Waals surface area contributed by atoms with Gasteiger partial charge in [-0.05, 0) is 29.7 Å². The number of rotatable bonds is 9. The third-order valence-corrected chi connectivity index (χ3v) is 5.40. The Morgan fingerprint density at radius 2 is 1.84 bits per heavy atom. The number of aromatic nitrogens is 1. The first-order chi connectivity index (χ1) is 18.0. The molecule has 202 valence electrons. The number of H-pyrrole nitrogens is 1. The van der Waals surface area contributed by atoms with Crippen LogP contribution in [-0.2, 0) is 14.4 Å². The van der Waals surface area contributed by atoms with Gasteiger partial charge in [-0.3, -0.25) is 14.9 Å². The van der Waals surface area contributed by atoms with E-state index >= 15 is 0 Å². The Morgan fingerprint density at radius 1 is 1.13 bits per heavy atom. The summed E-state index contributed by atoms with van der Waals surface area (Å²) in [5, 5.41) is 23.2. The number of carboxylic acid groups (broad SMARTS) is 2. The third kappa shape index (κ3) is 7.98. The van der Waals surface area contributed by atoms with Gasteiger partial charge in [-0.25, -0.2) is 9.79 Å². The van der Waals surface area contributed by atoms with Crippen molar-refractivity contribution in [2.24, 2.45) is 4.99 Å². The molecule has 2 heterocycles. The van der Waals surface area contributed by atoms with Gasteiger partial charge in [-0.1, -0.05) is 30.3 Å². The van der Waals surface area contributed by atoms with E-state index in [4.69, 9.17) is 14.6 Å². The number of aliphatic carboxylic acids is 2. The number of hydrogen-bond acceptors (Lipinski definition) is 6. The summed E-state index contributed by atoms with van der Waals surface area (Å²) in [5.41, 5.74) is 2.83. The van der Waals surface area contributed by atoms with Crippen molar-refractivity contribution in [1.82, 2.24) is 15.6 Å². The average Bonchev–Trinajstić information content (AvgIpc) is 3.48. The highest BCUT2D eigenvalue weighted by Gasteiger charge is 2.38. The van der Waals surface area contributed by atoms with Crippen LogP contribution in [0.2, 0.25) is 0 Å². The van der Waals surface area contributed by atoms with Crippen LogP contribution in [0.25, 0.3) is 10.9 Å². The van der Waals surface area contributed by atoms with Gasteiger partial charge in [0.25, 0.3) is 0 Å². The number of carboxylic acids is 2. The SMILES string of the molecule is O=C(O)C(F)(F)F.O=C(O)CC(c1ccccc1)c1c[nH]c2cc(OCCCNC3=NCC(=O)N3)ccc12. The normalized spacial score (nSPS) is 13.7. The van der Waals surface area contributed by atoms with Crippen LogP contribution in [-0.4, -0.2) is 64.9 Å². The summed E-state index contributed by atoms with van der Waals surface area (Å²) in [7, 11) is 0. The van der Waals surface area contributed by atoms with Crippen molar-refractivity contribution in [3.63, 3.8) is 0 Å². The first kappa shape index (κ1) is 28.0. The maximum Gasteiger partial charge on any atom is 0.490 e. The molecular formula is C25H25F3N4O6.